The van der Waals surface area contributed by atoms with E-state index in [1.54, 1.807) is 0 Å². The van der Waals surface area contributed by atoms with Crippen molar-refractivity contribution in [3.63, 3.8) is 0 Å². The minimum Gasteiger partial charge on any atom is -0.373 e. The molecule has 0 saturated carbocycles. The molecule has 0 aromatic carbocycles. The number of rotatable bonds is 7. The lowest BCUT2D eigenvalue weighted by Crippen LogP contribution is -2.36. The summed E-state index contributed by atoms with van der Waals surface area (Å²) in [6.07, 6.45) is 2.04. The van der Waals surface area contributed by atoms with Gasteiger partial charge in [-0.05, 0) is 20.3 Å². The van der Waals surface area contributed by atoms with Crippen LogP contribution in [-0.2, 0) is 4.79 Å². The summed E-state index contributed by atoms with van der Waals surface area (Å²) in [7, 11) is 1.82. The van der Waals surface area contributed by atoms with Crippen LogP contribution >= 0.6 is 0 Å². The van der Waals surface area contributed by atoms with Gasteiger partial charge in [-0.2, -0.15) is 0 Å². The van der Waals surface area contributed by atoms with Crippen LogP contribution in [0.4, 0.5) is 11.6 Å². The normalized spacial score (nSPS) is 10.3. The molecule has 1 aromatic rings. The maximum absolute atomic E-state index is 11.2. The zero-order valence-electron chi connectivity index (χ0n) is 12.2. The van der Waals surface area contributed by atoms with Crippen molar-refractivity contribution < 1.29 is 4.79 Å². The highest BCUT2D eigenvalue weighted by Crippen LogP contribution is 2.23. The average Bonchev–Trinajstić information content (AvgIpc) is 2.36. The number of hydrogen-bond acceptors (Lipinski definition) is 5. The third kappa shape index (κ3) is 4.08. The highest BCUT2D eigenvalue weighted by atomic mass is 16.1. The molecule has 0 aliphatic rings. The van der Waals surface area contributed by atoms with E-state index in [1.807, 2.05) is 25.8 Å². The first-order valence-electron chi connectivity index (χ1n) is 6.55. The standard InChI is InChI=1S/C13H23N5O/c1-5-6-7-18(8-11(14)19)13-9(2)12(15-4)16-10(3)17-13/h5-8H2,1-4H3,(H2,14,19)(H,15,16,17). The summed E-state index contributed by atoms with van der Waals surface area (Å²) in [5, 5.41) is 3.05. The van der Waals surface area contributed by atoms with Crippen LogP contribution in [0.2, 0.25) is 0 Å². The van der Waals surface area contributed by atoms with E-state index in [0.717, 1.165) is 36.6 Å². The number of nitrogens with one attached hydrogen (secondary N) is 1. The molecular weight excluding hydrogens is 242 g/mol. The first kappa shape index (κ1) is 15.2. The number of aromatic nitrogens is 2. The second kappa shape index (κ2) is 6.92. The molecule has 0 fully saturated rings. The van der Waals surface area contributed by atoms with Gasteiger partial charge in [0.15, 0.2) is 0 Å². The van der Waals surface area contributed by atoms with E-state index >= 15 is 0 Å². The first-order valence-corrected chi connectivity index (χ1v) is 6.55. The van der Waals surface area contributed by atoms with Crippen molar-refractivity contribution in [2.45, 2.75) is 33.6 Å². The molecule has 6 heteroatoms. The lowest BCUT2D eigenvalue weighted by Gasteiger charge is -2.24. The van der Waals surface area contributed by atoms with E-state index in [1.165, 1.54) is 0 Å². The number of nitrogens with zero attached hydrogens (tertiary/aromatic N) is 3. The molecule has 3 N–H and O–H groups in total. The molecule has 0 spiro atoms. The molecule has 0 radical (unpaired) electrons. The summed E-state index contributed by atoms with van der Waals surface area (Å²) >= 11 is 0. The van der Waals surface area contributed by atoms with Gasteiger partial charge in [0.1, 0.15) is 17.5 Å². The second-order valence-electron chi connectivity index (χ2n) is 4.56. The zero-order chi connectivity index (χ0) is 14.4. The highest BCUT2D eigenvalue weighted by Gasteiger charge is 2.16. The molecule has 1 aromatic heterocycles. The molecule has 6 nitrogen and oxygen atoms in total. The van der Waals surface area contributed by atoms with Gasteiger partial charge < -0.3 is 16.0 Å². The van der Waals surface area contributed by atoms with Gasteiger partial charge in [0.05, 0.1) is 6.54 Å². The number of nitrogens with two attached hydrogens (primary N) is 1. The fraction of sp³-hybridized carbons (Fsp3) is 0.615. The Labute approximate surface area is 114 Å². The molecule has 1 rings (SSSR count). The van der Waals surface area contributed by atoms with Crippen LogP contribution in [0.25, 0.3) is 0 Å². The summed E-state index contributed by atoms with van der Waals surface area (Å²) < 4.78 is 0. The van der Waals surface area contributed by atoms with E-state index in [-0.39, 0.29) is 12.5 Å². The van der Waals surface area contributed by atoms with Gasteiger partial charge in [0.25, 0.3) is 0 Å². The molecule has 1 heterocycles. The number of unbranched alkanes of at least 4 members (excludes halogenated alkanes) is 1. The van der Waals surface area contributed by atoms with E-state index in [4.69, 9.17) is 5.73 Å². The minimum atomic E-state index is -0.349. The van der Waals surface area contributed by atoms with E-state index in [2.05, 4.69) is 22.2 Å². The van der Waals surface area contributed by atoms with Crippen LogP contribution in [0, 0.1) is 13.8 Å². The van der Waals surface area contributed by atoms with Gasteiger partial charge >= 0.3 is 0 Å². The van der Waals surface area contributed by atoms with Crippen molar-refractivity contribution in [2.24, 2.45) is 5.73 Å². The van der Waals surface area contributed by atoms with Crippen LogP contribution in [0.1, 0.15) is 31.2 Å². The molecule has 0 aliphatic carbocycles. The number of carbonyl (C=O) groups excluding carboxylic acids is 1. The topological polar surface area (TPSA) is 84.1 Å². The monoisotopic (exact) mass is 265 g/mol. The fourth-order valence-corrected chi connectivity index (χ4v) is 1.96. The lowest BCUT2D eigenvalue weighted by atomic mass is 10.2. The Morgan fingerprint density at radius 1 is 1.37 bits per heavy atom. The van der Waals surface area contributed by atoms with Crippen molar-refractivity contribution in [3.8, 4) is 0 Å². The minimum absolute atomic E-state index is 0.181. The number of amides is 1. The summed E-state index contributed by atoms with van der Waals surface area (Å²) in [6, 6.07) is 0. The van der Waals surface area contributed by atoms with Crippen molar-refractivity contribution in [1.82, 2.24) is 9.97 Å². The number of carbonyl (C=O) groups is 1. The smallest absolute Gasteiger partial charge is 0.236 e. The van der Waals surface area contributed by atoms with Crippen LogP contribution in [0.3, 0.4) is 0 Å². The largest absolute Gasteiger partial charge is 0.373 e. The molecule has 0 bridgehead atoms. The second-order valence-corrected chi connectivity index (χ2v) is 4.56. The van der Waals surface area contributed by atoms with Crippen molar-refractivity contribution >= 4 is 17.5 Å². The first-order chi connectivity index (χ1) is 8.99. The Bertz CT molecular complexity index is 447. The van der Waals surface area contributed by atoms with Crippen LogP contribution < -0.4 is 16.0 Å². The molecule has 0 saturated heterocycles. The maximum Gasteiger partial charge on any atom is 0.236 e. The highest BCUT2D eigenvalue weighted by molar-refractivity contribution is 5.79. The number of anilines is 2. The molecular formula is C13H23N5O. The molecule has 19 heavy (non-hydrogen) atoms. The van der Waals surface area contributed by atoms with Crippen LogP contribution in [0.5, 0.6) is 0 Å². The predicted molar refractivity (Wildman–Crippen MR) is 77.4 cm³/mol. The lowest BCUT2D eigenvalue weighted by molar-refractivity contribution is -0.116. The third-order valence-electron chi connectivity index (χ3n) is 2.90. The number of aryl methyl sites for hydroxylation is 1. The van der Waals surface area contributed by atoms with Gasteiger partial charge in [0, 0.05) is 19.2 Å². The Morgan fingerprint density at radius 2 is 2.05 bits per heavy atom. The van der Waals surface area contributed by atoms with Crippen LogP contribution in [0.15, 0.2) is 0 Å². The van der Waals surface area contributed by atoms with Gasteiger partial charge in [-0.3, -0.25) is 4.79 Å². The van der Waals surface area contributed by atoms with Gasteiger partial charge in [-0.1, -0.05) is 13.3 Å². The van der Waals surface area contributed by atoms with Gasteiger partial charge in [-0.15, -0.1) is 0 Å². The van der Waals surface area contributed by atoms with Crippen molar-refractivity contribution in [1.29, 1.82) is 0 Å². The molecule has 0 unspecified atom stereocenters. The van der Waals surface area contributed by atoms with E-state index < -0.39 is 0 Å². The predicted octanol–water partition coefficient (Wildman–Crippen LogP) is 1.23. The summed E-state index contributed by atoms with van der Waals surface area (Å²) in [5.74, 6) is 1.89. The fourth-order valence-electron chi connectivity index (χ4n) is 1.96. The quantitative estimate of drug-likeness (QED) is 0.774. The van der Waals surface area contributed by atoms with Gasteiger partial charge in [0.2, 0.25) is 5.91 Å². The molecule has 0 aliphatic heterocycles. The number of hydrogen-bond donors (Lipinski definition) is 2. The molecule has 0 atom stereocenters. The summed E-state index contributed by atoms with van der Waals surface area (Å²) in [6.45, 7) is 6.84. The Kier molecular flexibility index (Phi) is 5.54. The summed E-state index contributed by atoms with van der Waals surface area (Å²) in [5.41, 5.74) is 6.26. The molecule has 1 amide bonds. The zero-order valence-corrected chi connectivity index (χ0v) is 12.2. The maximum atomic E-state index is 11.2. The van der Waals surface area contributed by atoms with E-state index in [9.17, 15) is 4.79 Å². The Morgan fingerprint density at radius 3 is 2.58 bits per heavy atom. The van der Waals surface area contributed by atoms with Crippen molar-refractivity contribution in [3.05, 3.63) is 11.4 Å². The number of primary amides is 1. The third-order valence-corrected chi connectivity index (χ3v) is 2.90. The SMILES string of the molecule is CCCCN(CC(N)=O)c1nc(C)nc(NC)c1C. The average molecular weight is 265 g/mol. The van der Waals surface area contributed by atoms with Crippen molar-refractivity contribution in [2.75, 3.05) is 30.4 Å². The van der Waals surface area contributed by atoms with E-state index in [0.29, 0.717) is 5.82 Å². The Balaban J connectivity index is 3.12. The van der Waals surface area contributed by atoms with Crippen LogP contribution in [-0.4, -0.2) is 36.0 Å². The van der Waals surface area contributed by atoms with Gasteiger partial charge in [-0.25, -0.2) is 9.97 Å². The Hall–Kier alpha value is -1.85. The summed E-state index contributed by atoms with van der Waals surface area (Å²) in [4.78, 5) is 21.9. The molecule has 106 valence electrons.